The molecular formula is C14H18FNO. The van der Waals surface area contributed by atoms with Crippen LogP contribution >= 0.6 is 0 Å². The Labute approximate surface area is 101 Å². The largest absolute Gasteiger partial charge is 0.493 e. The Bertz CT molecular complexity index is 422. The number of nitrogens with one attached hydrogen (secondary N) is 1. The Morgan fingerprint density at radius 1 is 1.41 bits per heavy atom. The third kappa shape index (κ3) is 1.64. The van der Waals surface area contributed by atoms with Crippen molar-refractivity contribution in [3.05, 3.63) is 29.6 Å². The molecule has 1 heterocycles. The van der Waals surface area contributed by atoms with Gasteiger partial charge in [-0.25, -0.2) is 4.39 Å². The number of benzene rings is 1. The number of methoxy groups -OCH3 is 1. The van der Waals surface area contributed by atoms with Crippen LogP contribution in [0, 0.1) is 11.7 Å². The monoisotopic (exact) mass is 235 g/mol. The van der Waals surface area contributed by atoms with E-state index < -0.39 is 0 Å². The molecule has 0 radical (unpaired) electrons. The molecule has 0 amide bonds. The van der Waals surface area contributed by atoms with Crippen molar-refractivity contribution < 1.29 is 9.13 Å². The second kappa shape index (κ2) is 3.98. The Morgan fingerprint density at radius 3 is 2.82 bits per heavy atom. The second-order valence-electron chi connectivity index (χ2n) is 5.17. The molecule has 3 rings (SSSR count). The molecule has 92 valence electrons. The SMILES string of the molecule is COc1c(F)cccc1C1(C2CCNC2)CC1. The third-order valence-electron chi connectivity index (χ3n) is 4.34. The van der Waals surface area contributed by atoms with Gasteiger partial charge in [-0.15, -0.1) is 0 Å². The highest BCUT2D eigenvalue weighted by atomic mass is 19.1. The summed E-state index contributed by atoms with van der Waals surface area (Å²) in [6, 6.07) is 5.31. The van der Waals surface area contributed by atoms with Crippen molar-refractivity contribution in [3.63, 3.8) is 0 Å². The molecule has 2 aliphatic rings. The highest BCUT2D eigenvalue weighted by molar-refractivity contribution is 5.45. The number of ether oxygens (including phenoxy) is 1. The molecule has 1 saturated carbocycles. The summed E-state index contributed by atoms with van der Waals surface area (Å²) in [6.45, 7) is 2.14. The minimum Gasteiger partial charge on any atom is -0.493 e. The van der Waals surface area contributed by atoms with Gasteiger partial charge in [0.1, 0.15) is 0 Å². The van der Waals surface area contributed by atoms with Gasteiger partial charge in [0.15, 0.2) is 11.6 Å². The molecule has 3 heteroatoms. The Kier molecular flexibility index (Phi) is 2.58. The van der Waals surface area contributed by atoms with Crippen LogP contribution in [-0.2, 0) is 5.41 Å². The molecule has 1 aliphatic heterocycles. The summed E-state index contributed by atoms with van der Waals surface area (Å²) in [4.78, 5) is 0. The normalized spacial score (nSPS) is 25.9. The molecule has 1 saturated heterocycles. The van der Waals surface area contributed by atoms with Gasteiger partial charge in [0.25, 0.3) is 0 Å². The molecule has 0 spiro atoms. The summed E-state index contributed by atoms with van der Waals surface area (Å²) >= 11 is 0. The van der Waals surface area contributed by atoms with Gasteiger partial charge >= 0.3 is 0 Å². The quantitative estimate of drug-likeness (QED) is 0.869. The molecule has 0 bridgehead atoms. The van der Waals surface area contributed by atoms with Gasteiger partial charge in [-0.05, 0) is 44.3 Å². The first-order valence-electron chi connectivity index (χ1n) is 6.31. The number of halogens is 1. The third-order valence-corrected chi connectivity index (χ3v) is 4.34. The van der Waals surface area contributed by atoms with Crippen molar-refractivity contribution in [2.75, 3.05) is 20.2 Å². The van der Waals surface area contributed by atoms with Gasteiger partial charge in [-0.2, -0.15) is 0 Å². The number of rotatable bonds is 3. The predicted octanol–water partition coefficient (Wildman–Crippen LogP) is 2.48. The van der Waals surface area contributed by atoms with Gasteiger partial charge in [-0.1, -0.05) is 12.1 Å². The summed E-state index contributed by atoms with van der Waals surface area (Å²) in [6.07, 6.45) is 3.53. The minimum atomic E-state index is -0.234. The molecule has 1 aliphatic carbocycles. The maximum Gasteiger partial charge on any atom is 0.165 e. The van der Waals surface area contributed by atoms with Crippen LogP contribution in [0.5, 0.6) is 5.75 Å². The lowest BCUT2D eigenvalue weighted by Crippen LogP contribution is -2.23. The molecule has 0 aromatic heterocycles. The van der Waals surface area contributed by atoms with Crippen molar-refractivity contribution in [1.29, 1.82) is 0 Å². The maximum absolute atomic E-state index is 13.8. The number of para-hydroxylation sites is 1. The van der Waals surface area contributed by atoms with E-state index in [2.05, 4.69) is 5.32 Å². The minimum absolute atomic E-state index is 0.178. The van der Waals surface area contributed by atoms with Gasteiger partial charge in [0, 0.05) is 11.0 Å². The van der Waals surface area contributed by atoms with E-state index in [1.165, 1.54) is 25.3 Å². The van der Waals surface area contributed by atoms with Crippen LogP contribution in [0.25, 0.3) is 0 Å². The summed E-state index contributed by atoms with van der Waals surface area (Å²) in [5.74, 6) is 0.859. The number of hydrogen-bond donors (Lipinski definition) is 1. The maximum atomic E-state index is 13.8. The van der Waals surface area contributed by atoms with Crippen molar-refractivity contribution >= 4 is 0 Å². The lowest BCUT2D eigenvalue weighted by Gasteiger charge is -2.24. The summed E-state index contributed by atoms with van der Waals surface area (Å²) in [5, 5.41) is 3.41. The zero-order valence-electron chi connectivity index (χ0n) is 10.1. The van der Waals surface area contributed by atoms with Crippen molar-refractivity contribution in [2.45, 2.75) is 24.7 Å². The predicted molar refractivity (Wildman–Crippen MR) is 64.8 cm³/mol. The van der Waals surface area contributed by atoms with Gasteiger partial charge in [0.05, 0.1) is 7.11 Å². The molecule has 1 N–H and O–H groups in total. The first-order chi connectivity index (χ1) is 8.28. The van der Waals surface area contributed by atoms with Crippen LogP contribution in [0.3, 0.4) is 0 Å². The fourth-order valence-corrected chi connectivity index (χ4v) is 3.27. The average Bonchev–Trinajstić information content (AvgIpc) is 2.96. The van der Waals surface area contributed by atoms with E-state index in [1.54, 1.807) is 13.2 Å². The van der Waals surface area contributed by atoms with Crippen LogP contribution in [0.15, 0.2) is 18.2 Å². The molecule has 1 aromatic rings. The molecular weight excluding hydrogens is 217 g/mol. The van der Waals surface area contributed by atoms with Crippen LogP contribution < -0.4 is 10.1 Å². The zero-order chi connectivity index (χ0) is 11.9. The van der Waals surface area contributed by atoms with E-state index in [-0.39, 0.29) is 11.2 Å². The van der Waals surface area contributed by atoms with Crippen LogP contribution in [0.4, 0.5) is 4.39 Å². The molecule has 1 aromatic carbocycles. The Hall–Kier alpha value is -1.09. The molecule has 2 fully saturated rings. The lowest BCUT2D eigenvalue weighted by molar-refractivity contribution is 0.359. The van der Waals surface area contributed by atoms with Crippen LogP contribution in [0.2, 0.25) is 0 Å². The van der Waals surface area contributed by atoms with Gasteiger partial charge in [-0.3, -0.25) is 0 Å². The van der Waals surface area contributed by atoms with Gasteiger partial charge in [0.2, 0.25) is 0 Å². The Morgan fingerprint density at radius 2 is 2.24 bits per heavy atom. The standard InChI is InChI=1S/C14H18FNO/c1-17-13-11(3-2-4-12(13)15)14(6-7-14)10-5-8-16-9-10/h2-4,10,16H,5-9H2,1H3. The van der Waals surface area contributed by atoms with Crippen molar-refractivity contribution in [3.8, 4) is 5.75 Å². The summed E-state index contributed by atoms with van der Waals surface area (Å²) < 4.78 is 19.0. The van der Waals surface area contributed by atoms with E-state index in [4.69, 9.17) is 4.74 Å². The average molecular weight is 235 g/mol. The smallest absolute Gasteiger partial charge is 0.165 e. The van der Waals surface area contributed by atoms with Crippen molar-refractivity contribution in [1.82, 2.24) is 5.32 Å². The van der Waals surface area contributed by atoms with E-state index in [1.807, 2.05) is 6.07 Å². The number of hydrogen-bond acceptors (Lipinski definition) is 2. The highest BCUT2D eigenvalue weighted by Gasteiger charge is 2.52. The van der Waals surface area contributed by atoms with E-state index >= 15 is 0 Å². The molecule has 1 atom stereocenters. The molecule has 2 nitrogen and oxygen atoms in total. The Balaban J connectivity index is 2.00. The van der Waals surface area contributed by atoms with E-state index in [9.17, 15) is 4.39 Å². The van der Waals surface area contributed by atoms with Crippen LogP contribution in [-0.4, -0.2) is 20.2 Å². The summed E-state index contributed by atoms with van der Waals surface area (Å²) in [7, 11) is 1.56. The summed E-state index contributed by atoms with van der Waals surface area (Å²) in [5.41, 5.74) is 1.26. The van der Waals surface area contributed by atoms with Gasteiger partial charge < -0.3 is 10.1 Å². The fraction of sp³-hybridized carbons (Fsp3) is 0.571. The first kappa shape index (κ1) is 11.0. The second-order valence-corrected chi connectivity index (χ2v) is 5.17. The molecule has 1 unspecified atom stereocenters. The topological polar surface area (TPSA) is 21.3 Å². The zero-order valence-corrected chi connectivity index (χ0v) is 10.1. The first-order valence-corrected chi connectivity index (χ1v) is 6.31. The van der Waals surface area contributed by atoms with Crippen LogP contribution in [0.1, 0.15) is 24.8 Å². The van der Waals surface area contributed by atoms with Crippen molar-refractivity contribution in [2.24, 2.45) is 5.92 Å². The van der Waals surface area contributed by atoms with E-state index in [0.29, 0.717) is 11.7 Å². The lowest BCUT2D eigenvalue weighted by atomic mass is 9.81. The fourth-order valence-electron chi connectivity index (χ4n) is 3.27. The highest BCUT2D eigenvalue weighted by Crippen LogP contribution is 2.58. The molecule has 17 heavy (non-hydrogen) atoms. The van der Waals surface area contributed by atoms with E-state index in [0.717, 1.165) is 18.7 Å².